The van der Waals surface area contributed by atoms with E-state index < -0.39 is 0 Å². The van der Waals surface area contributed by atoms with Crippen molar-refractivity contribution < 1.29 is 14.3 Å². The van der Waals surface area contributed by atoms with E-state index in [-0.39, 0.29) is 5.78 Å². The smallest absolute Gasteiger partial charge is 0.171 e. The molecule has 0 atom stereocenters. The van der Waals surface area contributed by atoms with Gasteiger partial charge in [-0.3, -0.25) is 9.78 Å². The number of methoxy groups -OCH3 is 2. The number of benzene rings is 1. The third kappa shape index (κ3) is 3.10. The minimum atomic E-state index is -0.0121. The molecule has 4 heteroatoms. The SMILES string of the molecule is COc1ccc(OC)c(C(=O)Cc2ccncc2)c1. The third-order valence-electron chi connectivity index (χ3n) is 2.82. The number of carbonyl (C=O) groups excluding carboxylic acids is 1. The average Bonchev–Trinajstić information content (AvgIpc) is 2.47. The van der Waals surface area contributed by atoms with Crippen molar-refractivity contribution in [3.8, 4) is 11.5 Å². The van der Waals surface area contributed by atoms with E-state index in [0.717, 1.165) is 5.56 Å². The fourth-order valence-corrected chi connectivity index (χ4v) is 1.81. The average molecular weight is 257 g/mol. The number of pyridine rings is 1. The minimum Gasteiger partial charge on any atom is -0.497 e. The number of ketones is 1. The molecule has 4 nitrogen and oxygen atoms in total. The van der Waals surface area contributed by atoms with Gasteiger partial charge >= 0.3 is 0 Å². The summed E-state index contributed by atoms with van der Waals surface area (Å²) < 4.78 is 10.4. The van der Waals surface area contributed by atoms with E-state index in [1.54, 1.807) is 44.8 Å². The number of rotatable bonds is 5. The van der Waals surface area contributed by atoms with E-state index in [1.165, 1.54) is 0 Å². The van der Waals surface area contributed by atoms with Gasteiger partial charge in [-0.1, -0.05) is 0 Å². The maximum Gasteiger partial charge on any atom is 0.171 e. The summed E-state index contributed by atoms with van der Waals surface area (Å²) in [6.45, 7) is 0. The molecule has 0 fully saturated rings. The molecule has 0 saturated carbocycles. The molecule has 0 unspecified atom stereocenters. The van der Waals surface area contributed by atoms with Crippen molar-refractivity contribution in [2.75, 3.05) is 14.2 Å². The van der Waals surface area contributed by atoms with Crippen LogP contribution in [0.25, 0.3) is 0 Å². The maximum atomic E-state index is 12.3. The molecular formula is C15H15NO3. The van der Waals surface area contributed by atoms with Crippen LogP contribution in [0.5, 0.6) is 11.5 Å². The highest BCUT2D eigenvalue weighted by atomic mass is 16.5. The standard InChI is InChI=1S/C15H15NO3/c1-18-12-3-4-15(19-2)13(10-12)14(17)9-11-5-7-16-8-6-11/h3-8,10H,9H2,1-2H3. The predicted molar refractivity (Wildman–Crippen MR) is 71.8 cm³/mol. The zero-order chi connectivity index (χ0) is 13.7. The third-order valence-corrected chi connectivity index (χ3v) is 2.82. The first-order chi connectivity index (χ1) is 9.24. The fourth-order valence-electron chi connectivity index (χ4n) is 1.81. The van der Waals surface area contributed by atoms with Crippen LogP contribution in [-0.2, 0) is 6.42 Å². The minimum absolute atomic E-state index is 0.0121. The molecule has 1 aromatic heterocycles. The van der Waals surface area contributed by atoms with Gasteiger partial charge in [0.05, 0.1) is 19.8 Å². The molecule has 0 aliphatic rings. The molecule has 98 valence electrons. The number of aromatic nitrogens is 1. The van der Waals surface area contributed by atoms with Crippen molar-refractivity contribution >= 4 is 5.78 Å². The Morgan fingerprint density at radius 2 is 1.84 bits per heavy atom. The van der Waals surface area contributed by atoms with Gasteiger partial charge in [-0.15, -0.1) is 0 Å². The van der Waals surface area contributed by atoms with E-state index >= 15 is 0 Å². The number of hydrogen-bond donors (Lipinski definition) is 0. The first-order valence-electron chi connectivity index (χ1n) is 5.88. The summed E-state index contributed by atoms with van der Waals surface area (Å²) in [6.07, 6.45) is 3.66. The first-order valence-corrected chi connectivity index (χ1v) is 5.88. The molecule has 0 bridgehead atoms. The highest BCUT2D eigenvalue weighted by Crippen LogP contribution is 2.25. The summed E-state index contributed by atoms with van der Waals surface area (Å²) in [4.78, 5) is 16.2. The topological polar surface area (TPSA) is 48.4 Å². The summed E-state index contributed by atoms with van der Waals surface area (Å²) in [5, 5.41) is 0. The Balaban J connectivity index is 2.27. The van der Waals surface area contributed by atoms with Gasteiger partial charge in [-0.2, -0.15) is 0 Å². The fraction of sp³-hybridized carbons (Fsp3) is 0.200. The molecule has 0 aliphatic heterocycles. The Hall–Kier alpha value is -2.36. The number of carbonyl (C=O) groups is 1. The molecule has 1 aromatic carbocycles. The Morgan fingerprint density at radius 3 is 2.47 bits per heavy atom. The molecular weight excluding hydrogens is 242 g/mol. The zero-order valence-corrected chi connectivity index (χ0v) is 10.9. The van der Waals surface area contributed by atoms with Crippen LogP contribution in [0.2, 0.25) is 0 Å². The van der Waals surface area contributed by atoms with Gasteiger partial charge in [0.15, 0.2) is 5.78 Å². The summed E-state index contributed by atoms with van der Waals surface area (Å²) >= 11 is 0. The van der Waals surface area contributed by atoms with E-state index in [4.69, 9.17) is 9.47 Å². The molecule has 0 spiro atoms. The van der Waals surface area contributed by atoms with Crippen LogP contribution in [-0.4, -0.2) is 25.0 Å². The Kier molecular flexibility index (Phi) is 4.13. The lowest BCUT2D eigenvalue weighted by molar-refractivity contribution is 0.0989. The first kappa shape index (κ1) is 13.1. The Morgan fingerprint density at radius 1 is 1.11 bits per heavy atom. The molecule has 19 heavy (non-hydrogen) atoms. The van der Waals surface area contributed by atoms with Gasteiger partial charge in [-0.05, 0) is 35.9 Å². The van der Waals surface area contributed by atoms with Crippen LogP contribution in [0, 0.1) is 0 Å². The lowest BCUT2D eigenvalue weighted by Crippen LogP contribution is -2.06. The molecule has 2 rings (SSSR count). The van der Waals surface area contributed by atoms with Gasteiger partial charge in [0.1, 0.15) is 11.5 Å². The molecule has 0 aliphatic carbocycles. The molecule has 1 heterocycles. The van der Waals surface area contributed by atoms with Gasteiger partial charge < -0.3 is 9.47 Å². The summed E-state index contributed by atoms with van der Waals surface area (Å²) in [6, 6.07) is 8.85. The quantitative estimate of drug-likeness (QED) is 0.772. The van der Waals surface area contributed by atoms with Gasteiger partial charge in [-0.25, -0.2) is 0 Å². The Labute approximate surface area is 112 Å². The van der Waals surface area contributed by atoms with E-state index in [9.17, 15) is 4.79 Å². The zero-order valence-electron chi connectivity index (χ0n) is 10.9. The predicted octanol–water partition coefficient (Wildman–Crippen LogP) is 2.52. The van der Waals surface area contributed by atoms with E-state index in [2.05, 4.69) is 4.98 Å². The van der Waals surface area contributed by atoms with Crippen LogP contribution >= 0.6 is 0 Å². The van der Waals surface area contributed by atoms with E-state index in [1.807, 2.05) is 12.1 Å². The monoisotopic (exact) mass is 257 g/mol. The molecule has 2 aromatic rings. The Bertz CT molecular complexity index is 567. The van der Waals surface area contributed by atoms with Crippen molar-refractivity contribution in [3.63, 3.8) is 0 Å². The van der Waals surface area contributed by atoms with Gasteiger partial charge in [0.2, 0.25) is 0 Å². The van der Waals surface area contributed by atoms with Gasteiger partial charge in [0, 0.05) is 18.8 Å². The highest BCUT2D eigenvalue weighted by Gasteiger charge is 2.14. The second kappa shape index (κ2) is 6.00. The molecule has 0 saturated heterocycles. The second-order valence-electron chi connectivity index (χ2n) is 4.02. The van der Waals surface area contributed by atoms with Gasteiger partial charge in [0.25, 0.3) is 0 Å². The molecule has 0 radical (unpaired) electrons. The van der Waals surface area contributed by atoms with Crippen molar-refractivity contribution in [2.45, 2.75) is 6.42 Å². The normalized spacial score (nSPS) is 10.0. The lowest BCUT2D eigenvalue weighted by atomic mass is 10.0. The number of nitrogens with zero attached hydrogens (tertiary/aromatic N) is 1. The van der Waals surface area contributed by atoms with Crippen LogP contribution < -0.4 is 9.47 Å². The highest BCUT2D eigenvalue weighted by molar-refractivity contribution is 6.00. The largest absolute Gasteiger partial charge is 0.497 e. The summed E-state index contributed by atoms with van der Waals surface area (Å²) in [5.41, 5.74) is 1.45. The second-order valence-corrected chi connectivity index (χ2v) is 4.02. The van der Waals surface area contributed by atoms with Crippen molar-refractivity contribution in [1.82, 2.24) is 4.98 Å². The summed E-state index contributed by atoms with van der Waals surface area (Å²) in [5.74, 6) is 1.18. The van der Waals surface area contributed by atoms with Crippen LogP contribution in [0.1, 0.15) is 15.9 Å². The van der Waals surface area contributed by atoms with Crippen molar-refractivity contribution in [3.05, 3.63) is 53.9 Å². The van der Waals surface area contributed by atoms with E-state index in [0.29, 0.717) is 23.5 Å². The van der Waals surface area contributed by atoms with Crippen LogP contribution in [0.15, 0.2) is 42.7 Å². The summed E-state index contributed by atoms with van der Waals surface area (Å²) in [7, 11) is 3.12. The molecule has 0 amide bonds. The number of ether oxygens (including phenoxy) is 2. The number of hydrogen-bond acceptors (Lipinski definition) is 4. The maximum absolute atomic E-state index is 12.3. The number of Topliss-reactive ketones (excluding diaryl/α,β-unsaturated/α-hetero) is 1. The molecule has 0 N–H and O–H groups in total. The lowest BCUT2D eigenvalue weighted by Gasteiger charge is -2.09. The van der Waals surface area contributed by atoms with Crippen molar-refractivity contribution in [1.29, 1.82) is 0 Å². The van der Waals surface area contributed by atoms with Crippen LogP contribution in [0.3, 0.4) is 0 Å². The van der Waals surface area contributed by atoms with Crippen LogP contribution in [0.4, 0.5) is 0 Å². The van der Waals surface area contributed by atoms with Crippen molar-refractivity contribution in [2.24, 2.45) is 0 Å².